The Morgan fingerprint density at radius 3 is 1.88 bits per heavy atom. The van der Waals surface area contributed by atoms with Gasteiger partial charge in [-0.2, -0.15) is 0 Å². The quantitative estimate of drug-likeness (QED) is 0.307. The van der Waals surface area contributed by atoms with Crippen LogP contribution < -0.4 is 9.62 Å². The molecule has 0 bridgehead atoms. The number of aliphatic hydroxyl groups excluding tert-OH is 1. The number of hydrogen-bond acceptors (Lipinski definition) is 6. The van der Waals surface area contributed by atoms with E-state index >= 15 is 0 Å². The predicted octanol–water partition coefficient (Wildman–Crippen LogP) is 3.83. The van der Waals surface area contributed by atoms with Crippen molar-refractivity contribution in [3.63, 3.8) is 0 Å². The molecule has 0 aliphatic carbocycles. The van der Waals surface area contributed by atoms with Crippen LogP contribution >= 0.6 is 23.2 Å². The topological polar surface area (TPSA) is 127 Å². The van der Waals surface area contributed by atoms with Gasteiger partial charge in [-0.3, -0.25) is 18.8 Å². The zero-order chi connectivity index (χ0) is 30.9. The molecule has 0 saturated carbocycles. The molecule has 0 aromatic heterocycles. The van der Waals surface area contributed by atoms with Gasteiger partial charge in [0.25, 0.3) is 5.91 Å². The van der Waals surface area contributed by atoms with E-state index in [0.29, 0.717) is 27.2 Å². The minimum Gasteiger partial charge on any atom is -0.480 e. The van der Waals surface area contributed by atoms with Crippen molar-refractivity contribution < 1.29 is 37.0 Å². The second-order valence-corrected chi connectivity index (χ2v) is 12.7. The Morgan fingerprint density at radius 1 is 0.976 bits per heavy atom. The SMILES string of the molecule is CC(NC(=O)C(O)C1C(N(c2cc(F)cc(F)c2)S(C)(=O)=O)CN1C(c1ccc(Cl)cc1)c1ccc(Cl)cc1)C(=O)O. The average molecular weight is 643 g/mol. The van der Waals surface area contributed by atoms with Crippen molar-refractivity contribution in [1.29, 1.82) is 0 Å². The molecule has 4 rings (SSSR count). The van der Waals surface area contributed by atoms with Crippen LogP contribution in [0.1, 0.15) is 24.1 Å². The van der Waals surface area contributed by atoms with Crippen LogP contribution in [0.15, 0.2) is 66.7 Å². The van der Waals surface area contributed by atoms with Crippen molar-refractivity contribution in [2.75, 3.05) is 17.1 Å². The summed E-state index contributed by atoms with van der Waals surface area (Å²) in [4.78, 5) is 26.1. The number of carbonyl (C=O) groups excluding carboxylic acids is 1. The summed E-state index contributed by atoms with van der Waals surface area (Å²) in [5.74, 6) is -4.49. The molecule has 14 heteroatoms. The summed E-state index contributed by atoms with van der Waals surface area (Å²) in [5, 5.41) is 23.7. The summed E-state index contributed by atoms with van der Waals surface area (Å²) in [7, 11) is -4.23. The number of aliphatic carboxylic acids is 1. The van der Waals surface area contributed by atoms with Gasteiger partial charge in [-0.05, 0) is 54.4 Å². The number of halogens is 4. The Bertz CT molecular complexity index is 1510. The highest BCUT2D eigenvalue weighted by molar-refractivity contribution is 7.92. The molecular weight excluding hydrogens is 615 g/mol. The van der Waals surface area contributed by atoms with E-state index in [1.807, 2.05) is 0 Å². The van der Waals surface area contributed by atoms with E-state index in [4.69, 9.17) is 23.2 Å². The number of sulfonamides is 1. The number of rotatable bonds is 10. The number of anilines is 1. The molecule has 3 N–H and O–H groups in total. The first kappa shape index (κ1) is 31.6. The van der Waals surface area contributed by atoms with Crippen molar-refractivity contribution in [1.82, 2.24) is 10.2 Å². The molecule has 1 amide bonds. The molecule has 1 fully saturated rings. The van der Waals surface area contributed by atoms with Gasteiger partial charge in [0.15, 0.2) is 0 Å². The van der Waals surface area contributed by atoms with Gasteiger partial charge in [-0.25, -0.2) is 17.2 Å². The molecule has 1 heterocycles. The average Bonchev–Trinajstić information content (AvgIpc) is 2.88. The predicted molar refractivity (Wildman–Crippen MR) is 154 cm³/mol. The first-order chi connectivity index (χ1) is 19.7. The molecule has 4 unspecified atom stereocenters. The van der Waals surface area contributed by atoms with E-state index in [9.17, 15) is 37.0 Å². The monoisotopic (exact) mass is 641 g/mol. The lowest BCUT2D eigenvalue weighted by Crippen LogP contribution is -2.74. The fraction of sp³-hybridized carbons (Fsp3) is 0.286. The van der Waals surface area contributed by atoms with Crippen molar-refractivity contribution in [2.45, 2.75) is 37.2 Å². The summed E-state index contributed by atoms with van der Waals surface area (Å²) in [6.45, 7) is 1.11. The molecule has 0 radical (unpaired) electrons. The summed E-state index contributed by atoms with van der Waals surface area (Å²) < 4.78 is 55.3. The first-order valence-electron chi connectivity index (χ1n) is 12.6. The number of carboxylic acids is 1. The summed E-state index contributed by atoms with van der Waals surface area (Å²) >= 11 is 12.2. The maximum absolute atomic E-state index is 14.2. The fourth-order valence-electron chi connectivity index (χ4n) is 5.09. The van der Waals surface area contributed by atoms with Crippen LogP contribution in [0.25, 0.3) is 0 Å². The smallest absolute Gasteiger partial charge is 0.325 e. The van der Waals surface area contributed by atoms with Crippen molar-refractivity contribution in [3.05, 3.63) is 99.5 Å². The number of hydrogen-bond donors (Lipinski definition) is 3. The standard InChI is InChI=1S/C28H27Cl2F2N3O6S/c1-15(28(38)39)33-27(37)26(36)25-23(35(42(2,40)41)22-12-20(31)11-21(32)13-22)14-34(25)24(16-3-7-18(29)8-4-16)17-5-9-19(30)10-6-17/h3-13,15,23-26,36H,14H2,1-2H3,(H,33,37)(H,38,39). The lowest BCUT2D eigenvalue weighted by molar-refractivity contribution is -0.146. The molecule has 1 aliphatic rings. The van der Waals surface area contributed by atoms with E-state index in [2.05, 4.69) is 5.32 Å². The second-order valence-electron chi connectivity index (χ2n) is 9.96. The Kier molecular flexibility index (Phi) is 9.43. The second kappa shape index (κ2) is 12.5. The Labute approximate surface area is 251 Å². The van der Waals surface area contributed by atoms with Crippen LogP contribution in [0, 0.1) is 11.6 Å². The lowest BCUT2D eigenvalue weighted by atomic mass is 9.84. The van der Waals surface area contributed by atoms with Crippen LogP contribution in [0.3, 0.4) is 0 Å². The molecule has 1 saturated heterocycles. The van der Waals surface area contributed by atoms with Crippen LogP contribution in [0.4, 0.5) is 14.5 Å². The normalized spacial score (nSPS) is 18.7. The number of amides is 1. The molecule has 9 nitrogen and oxygen atoms in total. The number of carbonyl (C=O) groups is 2. The highest BCUT2D eigenvalue weighted by Gasteiger charge is 2.54. The Morgan fingerprint density at radius 2 is 1.45 bits per heavy atom. The molecule has 3 aromatic rings. The number of benzene rings is 3. The molecular formula is C28H27Cl2F2N3O6S. The number of likely N-dealkylation sites (tertiary alicyclic amines) is 1. The van der Waals surface area contributed by atoms with Crippen LogP contribution in [-0.4, -0.2) is 72.4 Å². The van der Waals surface area contributed by atoms with Crippen LogP contribution in [0.5, 0.6) is 0 Å². The summed E-state index contributed by atoms with van der Waals surface area (Å²) in [6.07, 6.45) is -1.13. The van der Waals surface area contributed by atoms with E-state index in [1.54, 1.807) is 53.4 Å². The highest BCUT2D eigenvalue weighted by Crippen LogP contribution is 2.42. The third-order valence-corrected chi connectivity index (χ3v) is 8.66. The molecule has 224 valence electrons. The minimum atomic E-state index is -4.23. The van der Waals surface area contributed by atoms with Gasteiger partial charge in [0.2, 0.25) is 10.0 Å². The Hall–Kier alpha value is -3.29. The zero-order valence-corrected chi connectivity index (χ0v) is 24.6. The summed E-state index contributed by atoms with van der Waals surface area (Å²) in [6, 6.07) is 11.2. The fourth-order valence-corrected chi connectivity index (χ4v) is 6.51. The largest absolute Gasteiger partial charge is 0.480 e. The van der Waals surface area contributed by atoms with Gasteiger partial charge in [-0.15, -0.1) is 0 Å². The number of aliphatic hydroxyl groups is 1. The number of carboxylic acid groups (broad SMARTS) is 1. The maximum atomic E-state index is 14.2. The molecule has 0 spiro atoms. The van der Waals surface area contributed by atoms with Gasteiger partial charge in [0.05, 0.1) is 30.1 Å². The highest BCUT2D eigenvalue weighted by atomic mass is 35.5. The maximum Gasteiger partial charge on any atom is 0.325 e. The third-order valence-electron chi connectivity index (χ3n) is 6.96. The van der Waals surface area contributed by atoms with E-state index < -0.39 is 63.8 Å². The van der Waals surface area contributed by atoms with Crippen LogP contribution in [-0.2, 0) is 19.6 Å². The number of nitrogens with zero attached hydrogens (tertiary/aromatic N) is 2. The minimum absolute atomic E-state index is 0.0926. The van der Waals surface area contributed by atoms with Gasteiger partial charge in [0, 0.05) is 22.7 Å². The van der Waals surface area contributed by atoms with Gasteiger partial charge in [0.1, 0.15) is 23.8 Å². The van der Waals surface area contributed by atoms with Crippen molar-refractivity contribution in [3.8, 4) is 0 Å². The van der Waals surface area contributed by atoms with E-state index in [0.717, 1.165) is 22.7 Å². The van der Waals surface area contributed by atoms with Crippen molar-refractivity contribution in [2.24, 2.45) is 0 Å². The van der Waals surface area contributed by atoms with E-state index in [-0.39, 0.29) is 12.2 Å². The first-order valence-corrected chi connectivity index (χ1v) is 15.2. The Balaban J connectivity index is 1.85. The van der Waals surface area contributed by atoms with Gasteiger partial charge >= 0.3 is 5.97 Å². The molecule has 4 atom stereocenters. The van der Waals surface area contributed by atoms with Gasteiger partial charge in [-0.1, -0.05) is 47.5 Å². The number of nitrogens with one attached hydrogen (secondary N) is 1. The lowest BCUT2D eigenvalue weighted by Gasteiger charge is -2.56. The zero-order valence-electron chi connectivity index (χ0n) is 22.3. The van der Waals surface area contributed by atoms with Crippen LogP contribution in [0.2, 0.25) is 10.0 Å². The van der Waals surface area contributed by atoms with Gasteiger partial charge < -0.3 is 15.5 Å². The molecule has 3 aromatic carbocycles. The van der Waals surface area contributed by atoms with E-state index in [1.165, 1.54) is 6.92 Å². The van der Waals surface area contributed by atoms with Crippen molar-refractivity contribution >= 4 is 50.8 Å². The molecule has 42 heavy (non-hydrogen) atoms. The molecule has 1 aliphatic heterocycles. The summed E-state index contributed by atoms with van der Waals surface area (Å²) in [5.41, 5.74) is 0.990. The third kappa shape index (κ3) is 6.84.